The molecule has 0 aliphatic carbocycles. The van der Waals surface area contributed by atoms with Crippen molar-refractivity contribution in [3.63, 3.8) is 0 Å². The molecule has 0 unspecified atom stereocenters. The van der Waals surface area contributed by atoms with E-state index in [1.54, 1.807) is 24.3 Å². The molecular weight excluding hydrogens is 342 g/mol. The minimum absolute atomic E-state index is 0.143. The van der Waals surface area contributed by atoms with Crippen molar-refractivity contribution in [2.24, 2.45) is 5.10 Å². The van der Waals surface area contributed by atoms with Crippen LogP contribution in [0.3, 0.4) is 0 Å². The van der Waals surface area contributed by atoms with Crippen LogP contribution >= 0.6 is 0 Å². The Balaban J connectivity index is 1.87. The van der Waals surface area contributed by atoms with Crippen molar-refractivity contribution >= 4 is 17.3 Å². The lowest BCUT2D eigenvalue weighted by atomic mass is 10.0. The van der Waals surface area contributed by atoms with Gasteiger partial charge in [-0.3, -0.25) is 4.79 Å². The SMILES string of the molecule is CCOc1ccc(C2=NN(C(=O)c3cccc(N)c3)CCC2)cc1OCC. The van der Waals surface area contributed by atoms with Gasteiger partial charge in [-0.1, -0.05) is 6.07 Å². The van der Waals surface area contributed by atoms with Crippen LogP contribution in [0.1, 0.15) is 42.6 Å². The predicted octanol–water partition coefficient (Wildman–Crippen LogP) is 3.71. The number of ether oxygens (including phenoxy) is 2. The average molecular weight is 367 g/mol. The third-order valence-electron chi connectivity index (χ3n) is 4.27. The van der Waals surface area contributed by atoms with Gasteiger partial charge in [-0.15, -0.1) is 0 Å². The summed E-state index contributed by atoms with van der Waals surface area (Å²) in [5, 5.41) is 6.12. The predicted molar refractivity (Wildman–Crippen MR) is 106 cm³/mol. The van der Waals surface area contributed by atoms with Gasteiger partial charge >= 0.3 is 0 Å². The fourth-order valence-corrected chi connectivity index (χ4v) is 3.04. The molecule has 2 N–H and O–H groups in total. The standard InChI is InChI=1S/C21H25N3O3/c1-3-26-19-11-10-15(14-20(19)27-4-2)18-9-6-12-24(23-18)21(25)16-7-5-8-17(22)13-16/h5,7-8,10-11,13-14H,3-4,6,9,12,22H2,1-2H3. The van der Waals surface area contributed by atoms with Crippen molar-refractivity contribution in [1.82, 2.24) is 5.01 Å². The number of anilines is 1. The fourth-order valence-electron chi connectivity index (χ4n) is 3.04. The molecule has 27 heavy (non-hydrogen) atoms. The molecule has 2 aromatic carbocycles. The molecule has 142 valence electrons. The van der Waals surface area contributed by atoms with Crippen molar-refractivity contribution in [1.29, 1.82) is 0 Å². The van der Waals surface area contributed by atoms with E-state index in [2.05, 4.69) is 5.10 Å². The maximum absolute atomic E-state index is 12.8. The first-order chi connectivity index (χ1) is 13.1. The van der Waals surface area contributed by atoms with Gasteiger partial charge in [0.1, 0.15) is 0 Å². The number of hydrogen-bond acceptors (Lipinski definition) is 5. The second-order valence-corrected chi connectivity index (χ2v) is 6.23. The molecule has 6 heteroatoms. The molecule has 0 fully saturated rings. The Morgan fingerprint density at radius 2 is 1.89 bits per heavy atom. The molecule has 0 radical (unpaired) electrons. The van der Waals surface area contributed by atoms with Crippen LogP contribution in [0.25, 0.3) is 0 Å². The van der Waals surface area contributed by atoms with E-state index < -0.39 is 0 Å². The van der Waals surface area contributed by atoms with Gasteiger partial charge in [0.25, 0.3) is 5.91 Å². The van der Waals surface area contributed by atoms with E-state index in [4.69, 9.17) is 15.2 Å². The van der Waals surface area contributed by atoms with Gasteiger partial charge in [-0.25, -0.2) is 5.01 Å². The Kier molecular flexibility index (Phi) is 5.96. The van der Waals surface area contributed by atoms with E-state index in [1.165, 1.54) is 5.01 Å². The van der Waals surface area contributed by atoms with Gasteiger partial charge in [0.05, 0.1) is 18.9 Å². The van der Waals surface area contributed by atoms with Crippen LogP contribution in [0.2, 0.25) is 0 Å². The molecule has 1 amide bonds. The molecular formula is C21H25N3O3. The zero-order chi connectivity index (χ0) is 19.2. The fraction of sp³-hybridized carbons (Fsp3) is 0.333. The van der Waals surface area contributed by atoms with Crippen molar-refractivity contribution in [3.05, 3.63) is 53.6 Å². The Bertz CT molecular complexity index is 848. The summed E-state index contributed by atoms with van der Waals surface area (Å²) in [5.74, 6) is 1.27. The molecule has 0 saturated carbocycles. The summed E-state index contributed by atoms with van der Waals surface area (Å²) in [5.41, 5.74) is 8.70. The highest BCUT2D eigenvalue weighted by atomic mass is 16.5. The maximum Gasteiger partial charge on any atom is 0.274 e. The van der Waals surface area contributed by atoms with Crippen LogP contribution in [0, 0.1) is 0 Å². The molecule has 3 rings (SSSR count). The molecule has 1 aliphatic rings. The quantitative estimate of drug-likeness (QED) is 0.790. The highest BCUT2D eigenvalue weighted by Crippen LogP contribution is 2.30. The molecule has 0 bridgehead atoms. The van der Waals surface area contributed by atoms with Crippen molar-refractivity contribution in [3.8, 4) is 11.5 Å². The van der Waals surface area contributed by atoms with Gasteiger partial charge in [0.2, 0.25) is 0 Å². The first-order valence-electron chi connectivity index (χ1n) is 9.27. The molecule has 0 atom stereocenters. The molecule has 1 heterocycles. The number of hydrogen-bond donors (Lipinski definition) is 1. The van der Waals surface area contributed by atoms with Gasteiger partial charge < -0.3 is 15.2 Å². The largest absolute Gasteiger partial charge is 0.490 e. The third-order valence-corrected chi connectivity index (χ3v) is 4.27. The van der Waals surface area contributed by atoms with Crippen LogP contribution < -0.4 is 15.2 Å². The van der Waals surface area contributed by atoms with Gasteiger partial charge in [0.15, 0.2) is 11.5 Å². The van der Waals surface area contributed by atoms with E-state index in [9.17, 15) is 4.79 Å². The zero-order valence-corrected chi connectivity index (χ0v) is 15.8. The van der Waals surface area contributed by atoms with E-state index in [0.717, 1.165) is 24.1 Å². The second-order valence-electron chi connectivity index (χ2n) is 6.23. The number of rotatable bonds is 6. The second kappa shape index (κ2) is 8.58. The van der Waals surface area contributed by atoms with Gasteiger partial charge in [0, 0.05) is 23.4 Å². The van der Waals surface area contributed by atoms with Crippen molar-refractivity contribution < 1.29 is 14.3 Å². The minimum atomic E-state index is -0.143. The maximum atomic E-state index is 12.8. The highest BCUT2D eigenvalue weighted by Gasteiger charge is 2.21. The van der Waals surface area contributed by atoms with Gasteiger partial charge in [-0.2, -0.15) is 5.10 Å². The molecule has 0 spiro atoms. The zero-order valence-electron chi connectivity index (χ0n) is 15.8. The first kappa shape index (κ1) is 18.8. The highest BCUT2D eigenvalue weighted by molar-refractivity contribution is 6.03. The normalized spacial score (nSPS) is 13.9. The van der Waals surface area contributed by atoms with Crippen LogP contribution in [0.5, 0.6) is 11.5 Å². The van der Waals surface area contributed by atoms with Crippen LogP contribution in [-0.2, 0) is 0 Å². The van der Waals surface area contributed by atoms with Gasteiger partial charge in [-0.05, 0) is 63.1 Å². The summed E-state index contributed by atoms with van der Waals surface area (Å²) in [7, 11) is 0. The number of carbonyl (C=O) groups is 1. The number of hydrazone groups is 1. The lowest BCUT2D eigenvalue weighted by Gasteiger charge is -2.24. The summed E-state index contributed by atoms with van der Waals surface area (Å²) >= 11 is 0. The molecule has 1 aliphatic heterocycles. The van der Waals surface area contributed by atoms with E-state index in [-0.39, 0.29) is 5.91 Å². The summed E-state index contributed by atoms with van der Waals surface area (Å²) in [4.78, 5) is 12.8. The number of nitrogen functional groups attached to an aromatic ring is 1. The topological polar surface area (TPSA) is 77.2 Å². The number of benzene rings is 2. The Morgan fingerprint density at radius 3 is 2.63 bits per heavy atom. The number of amides is 1. The number of nitrogens with two attached hydrogens (primary N) is 1. The summed E-state index contributed by atoms with van der Waals surface area (Å²) in [6.07, 6.45) is 1.66. The van der Waals surface area contributed by atoms with Crippen LogP contribution in [0.4, 0.5) is 5.69 Å². The monoisotopic (exact) mass is 367 g/mol. The molecule has 0 aromatic heterocycles. The lowest BCUT2D eigenvalue weighted by molar-refractivity contribution is 0.0751. The summed E-state index contributed by atoms with van der Waals surface area (Å²) < 4.78 is 11.3. The van der Waals surface area contributed by atoms with E-state index in [0.29, 0.717) is 42.5 Å². The number of carbonyl (C=O) groups excluding carboxylic acids is 1. The minimum Gasteiger partial charge on any atom is -0.490 e. The Morgan fingerprint density at radius 1 is 1.11 bits per heavy atom. The summed E-state index contributed by atoms with van der Waals surface area (Å²) in [6.45, 7) is 5.59. The summed E-state index contributed by atoms with van der Waals surface area (Å²) in [6, 6.07) is 12.8. The van der Waals surface area contributed by atoms with Crippen LogP contribution in [-0.4, -0.2) is 36.4 Å². The number of nitrogens with zero attached hydrogens (tertiary/aromatic N) is 2. The molecule has 2 aromatic rings. The Labute approximate surface area is 159 Å². The molecule has 0 saturated heterocycles. The van der Waals surface area contributed by atoms with E-state index >= 15 is 0 Å². The first-order valence-corrected chi connectivity index (χ1v) is 9.27. The Hall–Kier alpha value is -3.02. The molecule has 6 nitrogen and oxygen atoms in total. The van der Waals surface area contributed by atoms with Crippen LogP contribution in [0.15, 0.2) is 47.6 Å². The average Bonchev–Trinajstić information content (AvgIpc) is 2.69. The lowest BCUT2D eigenvalue weighted by Crippen LogP contribution is -2.32. The third kappa shape index (κ3) is 4.39. The van der Waals surface area contributed by atoms with Crippen molar-refractivity contribution in [2.75, 3.05) is 25.5 Å². The van der Waals surface area contributed by atoms with E-state index in [1.807, 2.05) is 32.0 Å². The van der Waals surface area contributed by atoms with Crippen molar-refractivity contribution in [2.45, 2.75) is 26.7 Å². The smallest absolute Gasteiger partial charge is 0.274 e.